The van der Waals surface area contributed by atoms with Crippen molar-refractivity contribution in [2.24, 2.45) is 0 Å². The van der Waals surface area contributed by atoms with E-state index < -0.39 is 0 Å². The number of rotatable bonds is 6. The van der Waals surface area contributed by atoms with E-state index in [2.05, 4.69) is 4.98 Å². The summed E-state index contributed by atoms with van der Waals surface area (Å²) in [6.07, 6.45) is 2.99. The topological polar surface area (TPSA) is 72.0 Å². The van der Waals surface area contributed by atoms with Gasteiger partial charge in [-0.25, -0.2) is 9.78 Å². The Bertz CT molecular complexity index is 872. The molecule has 1 aliphatic rings. The molecule has 1 aromatic carbocycles. The lowest BCUT2D eigenvalue weighted by Crippen LogP contribution is -2.50. The highest BCUT2D eigenvalue weighted by Crippen LogP contribution is 2.21. The van der Waals surface area contributed by atoms with E-state index in [1.165, 1.54) is 0 Å². The van der Waals surface area contributed by atoms with Crippen LogP contribution in [-0.4, -0.2) is 59.6 Å². The van der Waals surface area contributed by atoms with Gasteiger partial charge in [-0.2, -0.15) is 0 Å². The Morgan fingerprint density at radius 3 is 2.59 bits per heavy atom. The van der Waals surface area contributed by atoms with Crippen molar-refractivity contribution < 1.29 is 19.1 Å². The number of amides is 2. The van der Waals surface area contributed by atoms with E-state index in [4.69, 9.17) is 9.47 Å². The van der Waals surface area contributed by atoms with Crippen LogP contribution >= 0.6 is 11.3 Å². The third kappa shape index (κ3) is 5.80. The quantitative estimate of drug-likeness (QED) is 0.677. The predicted octanol–water partition coefficient (Wildman–Crippen LogP) is 3.34. The lowest BCUT2D eigenvalue weighted by atomic mass is 10.2. The minimum Gasteiger partial charge on any atom is -0.487 e. The Labute approximate surface area is 174 Å². The molecular weight excluding hydrogens is 390 g/mol. The summed E-state index contributed by atoms with van der Waals surface area (Å²) in [5.41, 5.74) is 1.72. The van der Waals surface area contributed by atoms with Crippen molar-refractivity contribution in [2.75, 3.05) is 32.8 Å². The molecule has 2 aromatic rings. The van der Waals surface area contributed by atoms with E-state index >= 15 is 0 Å². The van der Waals surface area contributed by atoms with Crippen LogP contribution < -0.4 is 4.74 Å². The van der Waals surface area contributed by atoms with Crippen molar-refractivity contribution in [2.45, 2.75) is 20.5 Å². The molecule has 0 spiro atoms. The molecular formula is C21H25N3O4S. The Kier molecular flexibility index (Phi) is 7.24. The molecule has 0 unspecified atom stereocenters. The average Bonchev–Trinajstić information content (AvgIpc) is 3.16. The third-order valence-corrected chi connectivity index (χ3v) is 5.31. The van der Waals surface area contributed by atoms with Crippen LogP contribution in [0.4, 0.5) is 4.79 Å². The van der Waals surface area contributed by atoms with Crippen LogP contribution in [0.15, 0.2) is 35.7 Å². The Morgan fingerprint density at radius 2 is 1.90 bits per heavy atom. The van der Waals surface area contributed by atoms with Crippen molar-refractivity contribution >= 4 is 29.4 Å². The number of carbonyl (C=O) groups is 2. The van der Waals surface area contributed by atoms with Crippen molar-refractivity contribution in [3.63, 3.8) is 0 Å². The summed E-state index contributed by atoms with van der Waals surface area (Å²) in [6, 6.07) is 7.59. The molecule has 8 heteroatoms. The van der Waals surface area contributed by atoms with Crippen LogP contribution in [0, 0.1) is 6.92 Å². The SMILES string of the molecule is CCOC(=O)N1CCN(C(=O)C=Cc2ccccc2OCc2csc(C)n2)CC1. The summed E-state index contributed by atoms with van der Waals surface area (Å²) < 4.78 is 10.9. The van der Waals surface area contributed by atoms with Gasteiger partial charge in [-0.3, -0.25) is 4.79 Å². The van der Waals surface area contributed by atoms with Crippen molar-refractivity contribution in [1.82, 2.24) is 14.8 Å². The molecule has 2 amide bonds. The number of aryl methyl sites for hydroxylation is 1. The first kappa shape index (κ1) is 20.9. The zero-order chi connectivity index (χ0) is 20.6. The lowest BCUT2D eigenvalue weighted by Gasteiger charge is -2.33. The number of thiazole rings is 1. The maximum Gasteiger partial charge on any atom is 0.409 e. The van der Waals surface area contributed by atoms with E-state index in [0.29, 0.717) is 45.1 Å². The maximum atomic E-state index is 12.5. The number of hydrogen-bond donors (Lipinski definition) is 0. The molecule has 1 aromatic heterocycles. The summed E-state index contributed by atoms with van der Waals surface area (Å²) in [5.74, 6) is 0.618. The van der Waals surface area contributed by atoms with Crippen molar-refractivity contribution in [1.29, 1.82) is 0 Å². The Balaban J connectivity index is 1.56. The van der Waals surface area contributed by atoms with Crippen LogP contribution in [-0.2, 0) is 16.1 Å². The second kappa shape index (κ2) is 10.1. The monoisotopic (exact) mass is 415 g/mol. The van der Waals surface area contributed by atoms with Crippen LogP contribution in [0.2, 0.25) is 0 Å². The second-order valence-corrected chi connectivity index (χ2v) is 7.59. The number of carbonyl (C=O) groups excluding carboxylic acids is 2. The highest BCUT2D eigenvalue weighted by Gasteiger charge is 2.23. The van der Waals surface area contributed by atoms with Gasteiger partial charge in [-0.15, -0.1) is 11.3 Å². The minimum absolute atomic E-state index is 0.0848. The van der Waals surface area contributed by atoms with Gasteiger partial charge in [0.2, 0.25) is 5.91 Å². The van der Waals surface area contributed by atoms with Gasteiger partial charge in [0, 0.05) is 43.2 Å². The first-order chi connectivity index (χ1) is 14.1. The standard InChI is InChI=1S/C21H25N3O4S/c1-3-27-21(26)24-12-10-23(11-13-24)20(25)9-8-17-6-4-5-7-19(17)28-14-18-15-29-16(2)22-18/h4-9,15H,3,10-14H2,1-2H3. The maximum absolute atomic E-state index is 12.5. The molecule has 154 valence electrons. The fourth-order valence-corrected chi connectivity index (χ4v) is 3.56. The first-order valence-electron chi connectivity index (χ1n) is 9.58. The molecule has 1 fully saturated rings. The van der Waals surface area contributed by atoms with Crippen molar-refractivity contribution in [3.8, 4) is 5.75 Å². The van der Waals surface area contributed by atoms with E-state index in [1.54, 1.807) is 40.2 Å². The lowest BCUT2D eigenvalue weighted by molar-refractivity contribution is -0.127. The molecule has 0 saturated carbocycles. The van der Waals surface area contributed by atoms with Gasteiger partial charge in [0.05, 0.1) is 17.3 Å². The van der Waals surface area contributed by atoms with Gasteiger partial charge in [0.1, 0.15) is 12.4 Å². The highest BCUT2D eigenvalue weighted by molar-refractivity contribution is 7.09. The summed E-state index contributed by atoms with van der Waals surface area (Å²) in [5, 5.41) is 2.98. The predicted molar refractivity (Wildman–Crippen MR) is 112 cm³/mol. The molecule has 0 aliphatic carbocycles. The smallest absolute Gasteiger partial charge is 0.409 e. The van der Waals surface area contributed by atoms with Gasteiger partial charge in [-0.05, 0) is 26.0 Å². The molecule has 0 radical (unpaired) electrons. The molecule has 1 saturated heterocycles. The minimum atomic E-state index is -0.323. The van der Waals surface area contributed by atoms with Crippen LogP contribution in [0.25, 0.3) is 6.08 Å². The number of piperazine rings is 1. The van der Waals surface area contributed by atoms with Crippen LogP contribution in [0.5, 0.6) is 5.75 Å². The molecule has 0 N–H and O–H groups in total. The number of ether oxygens (including phenoxy) is 2. The summed E-state index contributed by atoms with van der Waals surface area (Å²) in [7, 11) is 0. The Morgan fingerprint density at radius 1 is 1.17 bits per heavy atom. The zero-order valence-electron chi connectivity index (χ0n) is 16.7. The second-order valence-electron chi connectivity index (χ2n) is 6.53. The van der Waals surface area contributed by atoms with Gasteiger partial charge < -0.3 is 19.3 Å². The van der Waals surface area contributed by atoms with Crippen molar-refractivity contribution in [3.05, 3.63) is 52.0 Å². The fourth-order valence-electron chi connectivity index (χ4n) is 2.97. The average molecular weight is 416 g/mol. The van der Waals surface area contributed by atoms with Crippen LogP contribution in [0.3, 0.4) is 0 Å². The number of benzene rings is 1. The van der Waals surface area contributed by atoms with E-state index in [-0.39, 0.29) is 12.0 Å². The molecule has 29 heavy (non-hydrogen) atoms. The molecule has 1 aliphatic heterocycles. The zero-order valence-corrected chi connectivity index (χ0v) is 17.5. The number of hydrogen-bond acceptors (Lipinski definition) is 6. The van der Waals surface area contributed by atoms with Crippen LogP contribution in [0.1, 0.15) is 23.2 Å². The van der Waals surface area contributed by atoms with Gasteiger partial charge >= 0.3 is 6.09 Å². The molecule has 2 heterocycles. The Hall–Kier alpha value is -2.87. The van der Waals surface area contributed by atoms with Gasteiger partial charge in [-0.1, -0.05) is 18.2 Å². The summed E-state index contributed by atoms with van der Waals surface area (Å²) in [4.78, 5) is 32.0. The molecule has 3 rings (SSSR count). The number of para-hydroxylation sites is 1. The highest BCUT2D eigenvalue weighted by atomic mass is 32.1. The van der Waals surface area contributed by atoms with E-state index in [1.807, 2.05) is 36.6 Å². The van der Waals surface area contributed by atoms with Gasteiger partial charge in [0.15, 0.2) is 0 Å². The van der Waals surface area contributed by atoms with E-state index in [0.717, 1.165) is 16.3 Å². The normalized spacial score (nSPS) is 14.3. The summed E-state index contributed by atoms with van der Waals surface area (Å²) >= 11 is 1.59. The van der Waals surface area contributed by atoms with Gasteiger partial charge in [0.25, 0.3) is 0 Å². The van der Waals surface area contributed by atoms with E-state index in [9.17, 15) is 9.59 Å². The fraction of sp³-hybridized carbons (Fsp3) is 0.381. The molecule has 7 nitrogen and oxygen atoms in total. The summed E-state index contributed by atoms with van der Waals surface area (Å²) in [6.45, 7) is 6.41. The number of aromatic nitrogens is 1. The molecule has 0 atom stereocenters. The third-order valence-electron chi connectivity index (χ3n) is 4.48. The number of nitrogens with zero attached hydrogens (tertiary/aromatic N) is 3. The molecule has 0 bridgehead atoms. The first-order valence-corrected chi connectivity index (χ1v) is 10.5. The largest absolute Gasteiger partial charge is 0.487 e.